The fourth-order valence-electron chi connectivity index (χ4n) is 3.31. The van der Waals surface area contributed by atoms with Gasteiger partial charge in [0.2, 0.25) is 0 Å². The lowest BCUT2D eigenvalue weighted by molar-refractivity contribution is -0.407. The average Bonchev–Trinajstić information content (AvgIpc) is 2.64. The maximum Gasteiger partial charge on any atom is 0.445 e. The monoisotopic (exact) mass is 384 g/mol. The second-order valence-corrected chi connectivity index (χ2v) is 8.57. The van der Waals surface area contributed by atoms with Crippen molar-refractivity contribution in [2.24, 2.45) is 16.8 Å². The summed E-state index contributed by atoms with van der Waals surface area (Å²) in [6, 6.07) is 8.11. The molecule has 0 N–H and O–H groups in total. The first-order chi connectivity index (χ1) is 12.8. The number of urea groups is 1. The number of amidine groups is 1. The lowest BCUT2D eigenvalue weighted by Crippen LogP contribution is -2.52. The van der Waals surface area contributed by atoms with Crippen LogP contribution in [0.1, 0.15) is 31.4 Å². The third-order valence-corrected chi connectivity index (χ3v) is 6.11. The second kappa shape index (κ2) is 7.80. The second-order valence-electron chi connectivity index (χ2n) is 7.55. The number of benzene rings is 1. The number of hydrogen-bond donors (Lipinski definition) is 0. The van der Waals surface area contributed by atoms with Crippen molar-refractivity contribution in [3.8, 4) is 0 Å². The highest BCUT2D eigenvalue weighted by Gasteiger charge is 2.48. The summed E-state index contributed by atoms with van der Waals surface area (Å²) in [7, 11) is 3.22. The Morgan fingerprint density at radius 1 is 1.22 bits per heavy atom. The zero-order chi connectivity index (χ0) is 19.7. The van der Waals surface area contributed by atoms with Crippen LogP contribution < -0.4 is 0 Å². The number of aryl methyl sites for hydroxylation is 1. The molecule has 142 valence electrons. The van der Waals surface area contributed by atoms with E-state index in [0.717, 1.165) is 22.7 Å². The van der Waals surface area contributed by atoms with Crippen molar-refractivity contribution in [2.45, 2.75) is 32.9 Å². The van der Waals surface area contributed by atoms with Gasteiger partial charge in [-0.2, -0.15) is 9.48 Å². The summed E-state index contributed by atoms with van der Waals surface area (Å²) < 4.78 is 1.49. The lowest BCUT2D eigenvalue weighted by atomic mass is 9.94. The van der Waals surface area contributed by atoms with Gasteiger partial charge in [-0.05, 0) is 30.4 Å². The van der Waals surface area contributed by atoms with Crippen molar-refractivity contribution in [1.29, 1.82) is 0 Å². The number of aliphatic imine (C=N–C) groups is 1. The first kappa shape index (κ1) is 19.5. The lowest BCUT2D eigenvalue weighted by Gasteiger charge is -2.28. The van der Waals surface area contributed by atoms with Crippen LogP contribution in [-0.2, 0) is 10.5 Å². The number of dihydropyridines is 1. The predicted molar refractivity (Wildman–Crippen MR) is 110 cm³/mol. The molecule has 0 saturated carbocycles. The summed E-state index contributed by atoms with van der Waals surface area (Å²) in [6.07, 6.45) is 2.70. The Balaban J connectivity index is 1.99. The first-order valence-electron chi connectivity index (χ1n) is 9.17. The van der Waals surface area contributed by atoms with Gasteiger partial charge >= 0.3 is 11.9 Å². The maximum absolute atomic E-state index is 12.9. The van der Waals surface area contributed by atoms with Gasteiger partial charge in [-0.15, -0.1) is 16.8 Å². The molecule has 0 aromatic heterocycles. The van der Waals surface area contributed by atoms with Crippen molar-refractivity contribution in [3.63, 3.8) is 0 Å². The van der Waals surface area contributed by atoms with E-state index in [-0.39, 0.29) is 11.9 Å². The van der Waals surface area contributed by atoms with Crippen LogP contribution in [0.25, 0.3) is 0 Å². The highest BCUT2D eigenvalue weighted by molar-refractivity contribution is 8.02. The molecular weight excluding hydrogens is 358 g/mol. The molecule has 1 unspecified atom stereocenters. The van der Waals surface area contributed by atoms with E-state index in [1.807, 2.05) is 6.21 Å². The molecule has 0 spiro atoms. The van der Waals surface area contributed by atoms with Crippen LogP contribution in [0.5, 0.6) is 0 Å². The Kier molecular flexibility index (Phi) is 5.65. The molecular formula is C21H26N3O2S+. The molecule has 27 heavy (non-hydrogen) atoms. The van der Waals surface area contributed by atoms with Crippen LogP contribution in [0.3, 0.4) is 0 Å². The summed E-state index contributed by atoms with van der Waals surface area (Å²) in [6.45, 7) is 6.39. The molecule has 2 aliphatic rings. The molecule has 1 atom stereocenters. The predicted octanol–water partition coefficient (Wildman–Crippen LogP) is 3.86. The van der Waals surface area contributed by atoms with Gasteiger partial charge < -0.3 is 0 Å². The van der Waals surface area contributed by atoms with Crippen molar-refractivity contribution in [2.75, 3.05) is 14.1 Å². The highest BCUT2D eigenvalue weighted by Crippen LogP contribution is 2.38. The largest absolute Gasteiger partial charge is 0.445 e. The number of fused-ring (bicyclic) bond motifs is 1. The molecule has 0 bridgehead atoms. The fourth-order valence-corrected chi connectivity index (χ4v) is 4.52. The SMILES string of the molecule is Cc1ccc(CSC2=C(CC(C)C)C=NC3=[N+](C)C(=O)N(C)C(=O)C23)cc1. The minimum Gasteiger partial charge on any atom is -0.255 e. The molecule has 0 fully saturated rings. The van der Waals surface area contributed by atoms with Crippen LogP contribution >= 0.6 is 11.8 Å². The molecule has 5 nitrogen and oxygen atoms in total. The molecule has 1 aromatic rings. The van der Waals surface area contributed by atoms with Gasteiger partial charge in [0.15, 0.2) is 5.92 Å². The van der Waals surface area contributed by atoms with E-state index in [2.05, 4.69) is 50.0 Å². The zero-order valence-corrected chi connectivity index (χ0v) is 17.3. The van der Waals surface area contributed by atoms with Gasteiger partial charge in [-0.1, -0.05) is 43.7 Å². The van der Waals surface area contributed by atoms with Gasteiger partial charge in [-0.25, -0.2) is 4.79 Å². The van der Waals surface area contributed by atoms with E-state index >= 15 is 0 Å². The quantitative estimate of drug-likeness (QED) is 0.725. The number of carbonyl (C=O) groups is 2. The van der Waals surface area contributed by atoms with Crippen LogP contribution in [0.2, 0.25) is 0 Å². The fraction of sp³-hybridized carbons (Fsp3) is 0.429. The number of carbonyl (C=O) groups excluding carboxylic acids is 2. The Morgan fingerprint density at radius 3 is 2.52 bits per heavy atom. The summed E-state index contributed by atoms with van der Waals surface area (Å²) in [5, 5.41) is 0. The number of hydrogen-bond acceptors (Lipinski definition) is 4. The maximum atomic E-state index is 12.9. The first-order valence-corrected chi connectivity index (χ1v) is 10.2. The van der Waals surface area contributed by atoms with E-state index in [1.54, 1.807) is 25.9 Å². The molecule has 3 amide bonds. The third-order valence-electron chi connectivity index (χ3n) is 4.83. The summed E-state index contributed by atoms with van der Waals surface area (Å²) >= 11 is 1.68. The van der Waals surface area contributed by atoms with Crippen molar-refractivity contribution >= 4 is 35.8 Å². The molecule has 2 aliphatic heterocycles. The van der Waals surface area contributed by atoms with E-state index < -0.39 is 5.92 Å². The van der Waals surface area contributed by atoms with Crippen LogP contribution in [0.4, 0.5) is 4.79 Å². The van der Waals surface area contributed by atoms with E-state index in [0.29, 0.717) is 11.8 Å². The van der Waals surface area contributed by atoms with Crippen molar-refractivity contribution < 1.29 is 14.2 Å². The minimum atomic E-state index is -0.494. The van der Waals surface area contributed by atoms with Crippen LogP contribution in [0, 0.1) is 18.8 Å². The molecule has 2 heterocycles. The number of imide groups is 1. The van der Waals surface area contributed by atoms with E-state index in [9.17, 15) is 9.59 Å². The van der Waals surface area contributed by atoms with Gasteiger partial charge in [0, 0.05) is 10.7 Å². The Labute approximate surface area is 164 Å². The summed E-state index contributed by atoms with van der Waals surface area (Å²) in [4.78, 5) is 31.9. The van der Waals surface area contributed by atoms with Gasteiger partial charge in [0.1, 0.15) is 6.21 Å². The van der Waals surface area contributed by atoms with Gasteiger partial charge in [-0.3, -0.25) is 4.79 Å². The van der Waals surface area contributed by atoms with Crippen LogP contribution in [0.15, 0.2) is 39.7 Å². The molecule has 3 rings (SSSR count). The van der Waals surface area contributed by atoms with E-state index in [1.165, 1.54) is 20.6 Å². The number of rotatable bonds is 5. The van der Waals surface area contributed by atoms with Gasteiger partial charge in [0.25, 0.3) is 5.84 Å². The molecule has 0 radical (unpaired) electrons. The van der Waals surface area contributed by atoms with E-state index in [4.69, 9.17) is 0 Å². The molecule has 6 heteroatoms. The standard InChI is InChI=1S/C21H26N3O2S/c1-13(2)10-16-11-22-19-17(20(25)24(5)21(26)23(19)4)18(16)27-12-15-8-6-14(3)7-9-15/h6-9,11,13,17H,10,12H2,1-5H3/q+1. The Bertz CT molecular complexity index is 866. The molecule has 1 aromatic carbocycles. The summed E-state index contributed by atoms with van der Waals surface area (Å²) in [5.41, 5.74) is 3.54. The molecule has 0 aliphatic carbocycles. The molecule has 0 saturated heterocycles. The third kappa shape index (κ3) is 3.90. The topological polar surface area (TPSA) is 52.8 Å². The minimum absolute atomic E-state index is 0.197. The number of nitrogens with zero attached hydrogens (tertiary/aromatic N) is 3. The van der Waals surface area contributed by atoms with Crippen LogP contribution in [-0.4, -0.2) is 47.6 Å². The highest BCUT2D eigenvalue weighted by atomic mass is 32.2. The normalized spacial score (nSPS) is 20.1. The summed E-state index contributed by atoms with van der Waals surface area (Å²) in [5.74, 6) is 1.08. The Hall–Kier alpha value is -2.21. The van der Waals surface area contributed by atoms with Crippen molar-refractivity contribution in [1.82, 2.24) is 4.90 Å². The number of amides is 3. The Morgan fingerprint density at radius 2 is 1.89 bits per heavy atom. The van der Waals surface area contributed by atoms with Crippen molar-refractivity contribution in [3.05, 3.63) is 45.9 Å². The number of thioether (sulfide) groups is 1. The number of allylic oxidation sites excluding steroid dienone is 1. The zero-order valence-electron chi connectivity index (χ0n) is 16.5. The smallest absolute Gasteiger partial charge is 0.255 e. The van der Waals surface area contributed by atoms with Gasteiger partial charge in [0.05, 0.1) is 14.1 Å². The average molecular weight is 385 g/mol.